The maximum absolute atomic E-state index is 4.46. The fourth-order valence-corrected chi connectivity index (χ4v) is 2.12. The van der Waals surface area contributed by atoms with E-state index in [9.17, 15) is 0 Å². The Morgan fingerprint density at radius 2 is 2.21 bits per heavy atom. The van der Waals surface area contributed by atoms with Gasteiger partial charge < -0.3 is 10.6 Å². The van der Waals surface area contributed by atoms with Gasteiger partial charge in [-0.15, -0.1) is 0 Å². The first-order chi connectivity index (χ1) is 9.19. The molecule has 0 atom stereocenters. The predicted octanol–water partition coefficient (Wildman–Crippen LogP) is 1.47. The molecule has 1 aromatic rings. The quantitative estimate of drug-likeness (QED) is 0.464. The molecule has 1 heterocycles. The van der Waals surface area contributed by atoms with Crippen LogP contribution in [0, 0.1) is 19.8 Å². The van der Waals surface area contributed by atoms with E-state index in [2.05, 4.69) is 38.4 Å². The van der Waals surface area contributed by atoms with Gasteiger partial charge in [0.25, 0.3) is 0 Å². The molecule has 106 valence electrons. The standard InChI is InChI=1S/C14H25N5/c1-11-9-12(2)19(18-11)8-4-7-16-14(15-3)17-10-13-5-6-13/h9,13H,4-8,10H2,1-3H3,(H2,15,16,17). The Hall–Kier alpha value is -1.52. The van der Waals surface area contributed by atoms with E-state index in [0.29, 0.717) is 0 Å². The van der Waals surface area contributed by atoms with E-state index in [4.69, 9.17) is 0 Å². The Kier molecular flexibility index (Phi) is 4.82. The number of aryl methyl sites for hydroxylation is 3. The smallest absolute Gasteiger partial charge is 0.190 e. The summed E-state index contributed by atoms with van der Waals surface area (Å²) in [6, 6.07) is 2.11. The van der Waals surface area contributed by atoms with Crippen molar-refractivity contribution in [1.82, 2.24) is 20.4 Å². The molecule has 5 nitrogen and oxygen atoms in total. The molecule has 1 fully saturated rings. The van der Waals surface area contributed by atoms with Crippen molar-refractivity contribution in [3.05, 3.63) is 17.5 Å². The van der Waals surface area contributed by atoms with Crippen LogP contribution in [-0.4, -0.2) is 35.9 Å². The summed E-state index contributed by atoms with van der Waals surface area (Å²) in [7, 11) is 1.82. The molecule has 0 bridgehead atoms. The van der Waals surface area contributed by atoms with Gasteiger partial charge in [0.15, 0.2) is 5.96 Å². The van der Waals surface area contributed by atoms with E-state index in [1.807, 2.05) is 14.0 Å². The van der Waals surface area contributed by atoms with Crippen molar-refractivity contribution in [2.45, 2.75) is 39.7 Å². The second kappa shape index (κ2) is 6.59. The number of guanidine groups is 1. The minimum Gasteiger partial charge on any atom is -0.356 e. The van der Waals surface area contributed by atoms with E-state index in [-0.39, 0.29) is 0 Å². The summed E-state index contributed by atoms with van der Waals surface area (Å²) >= 11 is 0. The van der Waals surface area contributed by atoms with Gasteiger partial charge in [0.05, 0.1) is 5.69 Å². The average Bonchev–Trinajstić information content (AvgIpc) is 3.15. The molecule has 0 saturated heterocycles. The summed E-state index contributed by atoms with van der Waals surface area (Å²) in [4.78, 5) is 4.23. The Balaban J connectivity index is 1.63. The first kappa shape index (κ1) is 13.9. The Labute approximate surface area is 115 Å². The van der Waals surface area contributed by atoms with Crippen LogP contribution in [0.5, 0.6) is 0 Å². The lowest BCUT2D eigenvalue weighted by atomic mass is 10.4. The topological polar surface area (TPSA) is 54.2 Å². The SMILES string of the molecule is CN=C(NCCCn1nc(C)cc1C)NCC1CC1. The van der Waals surface area contributed by atoms with Crippen molar-refractivity contribution in [2.24, 2.45) is 10.9 Å². The summed E-state index contributed by atoms with van der Waals surface area (Å²) in [6.07, 6.45) is 3.77. The van der Waals surface area contributed by atoms with Gasteiger partial charge in [0, 0.05) is 32.4 Å². The van der Waals surface area contributed by atoms with Crippen LogP contribution < -0.4 is 10.6 Å². The first-order valence-electron chi connectivity index (χ1n) is 7.14. The van der Waals surface area contributed by atoms with Crippen molar-refractivity contribution in [3.63, 3.8) is 0 Å². The molecular weight excluding hydrogens is 238 g/mol. The molecule has 2 rings (SSSR count). The van der Waals surface area contributed by atoms with Crippen molar-refractivity contribution in [3.8, 4) is 0 Å². The van der Waals surface area contributed by atoms with E-state index in [1.165, 1.54) is 18.5 Å². The zero-order chi connectivity index (χ0) is 13.7. The third-order valence-electron chi connectivity index (χ3n) is 3.42. The van der Waals surface area contributed by atoms with Gasteiger partial charge in [0.1, 0.15) is 0 Å². The van der Waals surface area contributed by atoms with Gasteiger partial charge >= 0.3 is 0 Å². The summed E-state index contributed by atoms with van der Waals surface area (Å²) < 4.78 is 2.07. The monoisotopic (exact) mass is 263 g/mol. The Morgan fingerprint density at radius 1 is 1.42 bits per heavy atom. The van der Waals surface area contributed by atoms with Crippen molar-refractivity contribution in [1.29, 1.82) is 0 Å². The maximum atomic E-state index is 4.46. The molecule has 0 unspecified atom stereocenters. The third-order valence-corrected chi connectivity index (χ3v) is 3.42. The maximum Gasteiger partial charge on any atom is 0.190 e. The summed E-state index contributed by atoms with van der Waals surface area (Å²) in [5.74, 6) is 1.79. The number of hydrogen-bond acceptors (Lipinski definition) is 2. The van der Waals surface area contributed by atoms with E-state index < -0.39 is 0 Å². The molecule has 0 aromatic carbocycles. The lowest BCUT2D eigenvalue weighted by molar-refractivity contribution is 0.554. The predicted molar refractivity (Wildman–Crippen MR) is 78.4 cm³/mol. The zero-order valence-corrected chi connectivity index (χ0v) is 12.2. The molecule has 0 amide bonds. The van der Waals surface area contributed by atoms with Crippen LogP contribution >= 0.6 is 0 Å². The Morgan fingerprint density at radius 3 is 2.79 bits per heavy atom. The molecule has 0 spiro atoms. The number of aromatic nitrogens is 2. The average molecular weight is 263 g/mol. The number of aliphatic imine (C=N–C) groups is 1. The summed E-state index contributed by atoms with van der Waals surface area (Å²) in [6.45, 7) is 7.06. The van der Waals surface area contributed by atoms with Crippen LogP contribution in [0.15, 0.2) is 11.1 Å². The molecule has 5 heteroatoms. The summed E-state index contributed by atoms with van der Waals surface area (Å²) in [5, 5.41) is 11.2. The van der Waals surface area contributed by atoms with E-state index >= 15 is 0 Å². The molecule has 0 aliphatic heterocycles. The lowest BCUT2D eigenvalue weighted by Gasteiger charge is -2.11. The molecule has 1 aliphatic rings. The zero-order valence-electron chi connectivity index (χ0n) is 12.2. The van der Waals surface area contributed by atoms with Crippen LogP contribution in [0.2, 0.25) is 0 Å². The van der Waals surface area contributed by atoms with Crippen LogP contribution in [0.25, 0.3) is 0 Å². The molecule has 1 aliphatic carbocycles. The van der Waals surface area contributed by atoms with Crippen molar-refractivity contribution < 1.29 is 0 Å². The molecule has 1 aromatic heterocycles. The Bertz CT molecular complexity index is 431. The third kappa shape index (κ3) is 4.58. The van der Waals surface area contributed by atoms with Gasteiger partial charge in [0.2, 0.25) is 0 Å². The highest BCUT2D eigenvalue weighted by atomic mass is 15.3. The van der Waals surface area contributed by atoms with Gasteiger partial charge in [-0.25, -0.2) is 0 Å². The van der Waals surface area contributed by atoms with Crippen LogP contribution in [0.4, 0.5) is 0 Å². The van der Waals surface area contributed by atoms with Crippen molar-refractivity contribution >= 4 is 5.96 Å². The van der Waals surface area contributed by atoms with Gasteiger partial charge in [-0.1, -0.05) is 0 Å². The van der Waals surface area contributed by atoms with Crippen LogP contribution in [0.3, 0.4) is 0 Å². The molecule has 19 heavy (non-hydrogen) atoms. The number of nitrogens with zero attached hydrogens (tertiary/aromatic N) is 3. The van der Waals surface area contributed by atoms with E-state index in [0.717, 1.165) is 43.6 Å². The normalized spacial score (nSPS) is 15.6. The molecular formula is C14H25N5. The summed E-state index contributed by atoms with van der Waals surface area (Å²) in [5.41, 5.74) is 2.32. The van der Waals surface area contributed by atoms with Crippen LogP contribution in [0.1, 0.15) is 30.7 Å². The van der Waals surface area contributed by atoms with Gasteiger partial charge in [-0.05, 0) is 45.1 Å². The molecule has 2 N–H and O–H groups in total. The van der Waals surface area contributed by atoms with Crippen molar-refractivity contribution in [2.75, 3.05) is 20.1 Å². The van der Waals surface area contributed by atoms with Gasteiger partial charge in [-0.2, -0.15) is 5.10 Å². The van der Waals surface area contributed by atoms with E-state index in [1.54, 1.807) is 0 Å². The highest BCUT2D eigenvalue weighted by Crippen LogP contribution is 2.27. The number of rotatable bonds is 6. The fraction of sp³-hybridized carbons (Fsp3) is 0.714. The highest BCUT2D eigenvalue weighted by molar-refractivity contribution is 5.79. The first-order valence-corrected chi connectivity index (χ1v) is 7.14. The number of hydrogen-bond donors (Lipinski definition) is 2. The second-order valence-electron chi connectivity index (χ2n) is 5.33. The lowest BCUT2D eigenvalue weighted by Crippen LogP contribution is -2.39. The second-order valence-corrected chi connectivity index (χ2v) is 5.33. The fourth-order valence-electron chi connectivity index (χ4n) is 2.12. The molecule has 0 radical (unpaired) electrons. The highest BCUT2D eigenvalue weighted by Gasteiger charge is 2.20. The van der Waals surface area contributed by atoms with Gasteiger partial charge in [-0.3, -0.25) is 9.67 Å². The minimum absolute atomic E-state index is 0.869. The number of nitrogens with one attached hydrogen (secondary N) is 2. The molecule has 1 saturated carbocycles. The van der Waals surface area contributed by atoms with Crippen LogP contribution in [-0.2, 0) is 6.54 Å². The minimum atomic E-state index is 0.869. The largest absolute Gasteiger partial charge is 0.356 e.